The number of carbonyl (C=O) groups is 1. The highest BCUT2D eigenvalue weighted by Gasteiger charge is 2.33. The molecular formula is C19H19N5O8S. The van der Waals surface area contributed by atoms with Crippen molar-refractivity contribution in [3.63, 3.8) is 0 Å². The minimum atomic E-state index is -4.05. The van der Waals surface area contributed by atoms with E-state index in [2.05, 4.69) is 10.5 Å². The Morgan fingerprint density at radius 2 is 1.82 bits per heavy atom. The molecule has 3 rings (SSSR count). The summed E-state index contributed by atoms with van der Waals surface area (Å²) in [5, 5.41) is 35.3. The number of nitrogens with one attached hydrogen (secondary N) is 1. The predicted octanol–water partition coefficient (Wildman–Crippen LogP) is 2.43. The molecule has 0 radical (unpaired) electrons. The molecule has 2 aromatic rings. The van der Waals surface area contributed by atoms with Crippen LogP contribution in [0, 0.1) is 26.1 Å². The molecule has 0 aliphatic carbocycles. The molecule has 0 saturated carbocycles. The van der Waals surface area contributed by atoms with E-state index in [9.17, 15) is 33.4 Å². The average Bonchev–Trinajstić information content (AvgIpc) is 2.79. The van der Waals surface area contributed by atoms with Crippen LogP contribution in [0.3, 0.4) is 0 Å². The summed E-state index contributed by atoms with van der Waals surface area (Å²) in [7, 11) is -4.05. The summed E-state index contributed by atoms with van der Waals surface area (Å²) >= 11 is 0. The molecule has 1 fully saturated rings. The van der Waals surface area contributed by atoms with Gasteiger partial charge < -0.3 is 5.11 Å². The van der Waals surface area contributed by atoms with E-state index in [1.807, 2.05) is 0 Å². The standard InChI is InChI=1S/C19H19N5O8S/c25-19(26)14-6-8-22(9-7-14)33(31,32)16-4-5-17(18(11-16)24(29)30)21-20-12-13-2-1-3-15(10-13)23(27)28/h1-5,10-12,14,21H,6-9H2,(H,25,26). The lowest BCUT2D eigenvalue weighted by atomic mass is 9.99. The van der Waals surface area contributed by atoms with Gasteiger partial charge in [0.05, 0.1) is 26.9 Å². The molecule has 2 N–H and O–H groups in total. The molecule has 14 heteroatoms. The zero-order valence-corrected chi connectivity index (χ0v) is 17.8. The molecule has 0 aromatic heterocycles. The number of anilines is 1. The maximum Gasteiger partial charge on any atom is 0.306 e. The molecule has 0 bridgehead atoms. The van der Waals surface area contributed by atoms with E-state index in [1.165, 1.54) is 36.5 Å². The fourth-order valence-electron chi connectivity index (χ4n) is 3.30. The molecule has 1 saturated heterocycles. The first-order valence-corrected chi connectivity index (χ1v) is 11.1. The van der Waals surface area contributed by atoms with E-state index in [0.717, 1.165) is 10.4 Å². The van der Waals surface area contributed by atoms with Gasteiger partial charge in [-0.05, 0) is 25.0 Å². The van der Waals surface area contributed by atoms with Crippen molar-refractivity contribution in [2.24, 2.45) is 11.0 Å². The Morgan fingerprint density at radius 3 is 2.42 bits per heavy atom. The maximum absolute atomic E-state index is 12.9. The van der Waals surface area contributed by atoms with Gasteiger partial charge in [0.15, 0.2) is 0 Å². The number of hydrogen-bond donors (Lipinski definition) is 2. The minimum Gasteiger partial charge on any atom is -0.481 e. The highest BCUT2D eigenvalue weighted by Crippen LogP contribution is 2.30. The number of carboxylic acids is 1. The van der Waals surface area contributed by atoms with E-state index < -0.39 is 37.4 Å². The summed E-state index contributed by atoms with van der Waals surface area (Å²) in [6.45, 7) is 0.00120. The van der Waals surface area contributed by atoms with Crippen LogP contribution in [0.4, 0.5) is 17.1 Å². The third-order valence-corrected chi connectivity index (χ3v) is 6.98. The second-order valence-corrected chi connectivity index (χ2v) is 9.11. The highest BCUT2D eigenvalue weighted by molar-refractivity contribution is 7.89. The van der Waals surface area contributed by atoms with Crippen LogP contribution in [0.25, 0.3) is 0 Å². The smallest absolute Gasteiger partial charge is 0.306 e. The average molecular weight is 477 g/mol. The van der Waals surface area contributed by atoms with Gasteiger partial charge in [-0.1, -0.05) is 12.1 Å². The number of nitro benzene ring substituents is 2. The Morgan fingerprint density at radius 1 is 1.12 bits per heavy atom. The fraction of sp³-hybridized carbons (Fsp3) is 0.263. The minimum absolute atomic E-state index is 0.000600. The number of rotatable bonds is 8. The normalized spacial score (nSPS) is 15.4. The third kappa shape index (κ3) is 5.48. The van der Waals surface area contributed by atoms with Crippen LogP contribution < -0.4 is 5.43 Å². The molecule has 0 spiro atoms. The number of nitro groups is 2. The first kappa shape index (κ1) is 23.7. The topological polar surface area (TPSA) is 185 Å². The van der Waals surface area contributed by atoms with E-state index in [4.69, 9.17) is 5.11 Å². The molecule has 33 heavy (non-hydrogen) atoms. The van der Waals surface area contributed by atoms with Gasteiger partial charge >= 0.3 is 5.97 Å². The van der Waals surface area contributed by atoms with Crippen molar-refractivity contribution in [2.75, 3.05) is 18.5 Å². The first-order chi connectivity index (χ1) is 15.6. The molecule has 0 unspecified atom stereocenters. The number of non-ortho nitro benzene ring substituents is 1. The number of hydrogen-bond acceptors (Lipinski definition) is 9. The number of sulfonamides is 1. The quantitative estimate of drug-likeness (QED) is 0.327. The van der Waals surface area contributed by atoms with Crippen LogP contribution in [0.1, 0.15) is 18.4 Å². The van der Waals surface area contributed by atoms with Gasteiger partial charge in [-0.25, -0.2) is 8.42 Å². The fourth-order valence-corrected chi connectivity index (χ4v) is 4.79. The molecule has 1 heterocycles. The lowest BCUT2D eigenvalue weighted by Gasteiger charge is -2.29. The van der Waals surface area contributed by atoms with Crippen molar-refractivity contribution in [2.45, 2.75) is 17.7 Å². The van der Waals surface area contributed by atoms with E-state index in [1.54, 1.807) is 6.07 Å². The Bertz CT molecular complexity index is 1220. The van der Waals surface area contributed by atoms with Crippen LogP contribution in [-0.4, -0.2) is 52.9 Å². The summed E-state index contributed by atoms with van der Waals surface area (Å²) < 4.78 is 26.9. The monoisotopic (exact) mass is 477 g/mol. The maximum atomic E-state index is 12.9. The van der Waals surface area contributed by atoms with Crippen molar-refractivity contribution in [3.8, 4) is 0 Å². The Hall–Kier alpha value is -3.91. The number of nitrogens with zero attached hydrogens (tertiary/aromatic N) is 4. The molecule has 0 amide bonds. The summed E-state index contributed by atoms with van der Waals surface area (Å²) in [6, 6.07) is 8.87. The van der Waals surface area contributed by atoms with Gasteiger partial charge in [-0.3, -0.25) is 30.4 Å². The molecule has 174 valence electrons. The van der Waals surface area contributed by atoms with E-state index in [-0.39, 0.29) is 42.2 Å². The second kappa shape index (κ2) is 9.70. The number of piperidine rings is 1. The first-order valence-electron chi connectivity index (χ1n) is 9.64. The van der Waals surface area contributed by atoms with Gasteiger partial charge in [-0.15, -0.1) is 0 Å². The largest absolute Gasteiger partial charge is 0.481 e. The molecule has 1 aliphatic heterocycles. The Balaban J connectivity index is 1.79. The van der Waals surface area contributed by atoms with Crippen LogP contribution in [-0.2, 0) is 14.8 Å². The van der Waals surface area contributed by atoms with E-state index in [0.29, 0.717) is 5.56 Å². The van der Waals surface area contributed by atoms with Crippen molar-refractivity contribution in [1.82, 2.24) is 4.31 Å². The summed E-state index contributed by atoms with van der Waals surface area (Å²) in [5.41, 5.74) is 2.07. The molecule has 2 aromatic carbocycles. The van der Waals surface area contributed by atoms with Crippen LogP contribution >= 0.6 is 0 Å². The van der Waals surface area contributed by atoms with Gasteiger partial charge in [0, 0.05) is 36.9 Å². The zero-order chi connectivity index (χ0) is 24.2. The lowest BCUT2D eigenvalue weighted by molar-refractivity contribution is -0.384. The SMILES string of the molecule is O=C(O)C1CCN(S(=O)(=O)c2ccc(NN=Cc3cccc([N+](=O)[O-])c3)c([N+](=O)[O-])c2)CC1. The zero-order valence-electron chi connectivity index (χ0n) is 17.0. The molecule has 1 aliphatic rings. The van der Waals surface area contributed by atoms with Crippen molar-refractivity contribution < 1.29 is 28.2 Å². The second-order valence-electron chi connectivity index (χ2n) is 7.17. The van der Waals surface area contributed by atoms with Crippen molar-refractivity contribution in [3.05, 3.63) is 68.3 Å². The van der Waals surface area contributed by atoms with Gasteiger partial charge in [0.1, 0.15) is 5.69 Å². The van der Waals surface area contributed by atoms with Crippen molar-refractivity contribution in [1.29, 1.82) is 0 Å². The number of benzene rings is 2. The van der Waals surface area contributed by atoms with Gasteiger partial charge in [0.25, 0.3) is 11.4 Å². The van der Waals surface area contributed by atoms with Gasteiger partial charge in [-0.2, -0.15) is 9.41 Å². The number of carboxylic acid groups (broad SMARTS) is 1. The van der Waals surface area contributed by atoms with Crippen LogP contribution in [0.5, 0.6) is 0 Å². The van der Waals surface area contributed by atoms with Gasteiger partial charge in [0.2, 0.25) is 10.0 Å². The van der Waals surface area contributed by atoms with E-state index >= 15 is 0 Å². The summed E-state index contributed by atoms with van der Waals surface area (Å²) in [4.78, 5) is 31.8. The Labute approximate surface area is 187 Å². The van der Waals surface area contributed by atoms with Crippen molar-refractivity contribution >= 4 is 39.3 Å². The molecular weight excluding hydrogens is 458 g/mol. The molecule has 0 atom stereocenters. The highest BCUT2D eigenvalue weighted by atomic mass is 32.2. The van der Waals surface area contributed by atoms with Crippen LogP contribution in [0.15, 0.2) is 52.5 Å². The lowest BCUT2D eigenvalue weighted by Crippen LogP contribution is -2.40. The summed E-state index contributed by atoms with van der Waals surface area (Å²) in [6.07, 6.45) is 1.54. The number of aliphatic carboxylic acids is 1. The predicted molar refractivity (Wildman–Crippen MR) is 117 cm³/mol. The summed E-state index contributed by atoms with van der Waals surface area (Å²) in [5.74, 6) is -1.61. The number of hydrazone groups is 1. The third-order valence-electron chi connectivity index (χ3n) is 5.09. The molecule has 13 nitrogen and oxygen atoms in total. The Kier molecular flexibility index (Phi) is 6.98. The van der Waals surface area contributed by atoms with Crippen LogP contribution in [0.2, 0.25) is 0 Å².